The number of halogens is 2. The highest BCUT2D eigenvalue weighted by Gasteiger charge is 2.41. The minimum Gasteiger partial charge on any atom is -0.493 e. The van der Waals surface area contributed by atoms with Gasteiger partial charge in [-0.05, 0) is 19.9 Å². The fraction of sp³-hybridized carbons (Fsp3) is 0.467. The Bertz CT molecular complexity index is 594. The summed E-state index contributed by atoms with van der Waals surface area (Å²) in [5.41, 5.74) is -0.555. The zero-order valence-corrected chi connectivity index (χ0v) is 11.9. The Morgan fingerprint density at radius 2 is 2.19 bits per heavy atom. The van der Waals surface area contributed by atoms with Crippen molar-refractivity contribution in [2.75, 3.05) is 13.2 Å². The maximum Gasteiger partial charge on any atom is 0.252 e. The van der Waals surface area contributed by atoms with Crippen LogP contribution in [0.15, 0.2) is 18.2 Å². The van der Waals surface area contributed by atoms with E-state index in [1.807, 2.05) is 0 Å². The first kappa shape index (κ1) is 15.2. The molecule has 0 saturated carbocycles. The van der Waals surface area contributed by atoms with E-state index < -0.39 is 17.7 Å². The van der Waals surface area contributed by atoms with Crippen molar-refractivity contribution in [2.24, 2.45) is 5.41 Å². The third-order valence-electron chi connectivity index (χ3n) is 3.54. The van der Waals surface area contributed by atoms with Crippen molar-refractivity contribution >= 4 is 11.6 Å². The van der Waals surface area contributed by atoms with Crippen LogP contribution in [0.25, 0.3) is 4.85 Å². The van der Waals surface area contributed by atoms with Gasteiger partial charge in [0.1, 0.15) is 17.8 Å². The van der Waals surface area contributed by atoms with E-state index in [0.717, 1.165) is 5.56 Å². The Morgan fingerprint density at radius 3 is 2.81 bits per heavy atom. The molecule has 0 saturated heterocycles. The Labute approximate surface area is 122 Å². The van der Waals surface area contributed by atoms with E-state index in [1.54, 1.807) is 18.2 Å². The lowest BCUT2D eigenvalue weighted by molar-refractivity contribution is -0.149. The first-order chi connectivity index (χ1) is 9.86. The summed E-state index contributed by atoms with van der Waals surface area (Å²) in [4.78, 5) is 17.0. The van der Waals surface area contributed by atoms with Crippen molar-refractivity contribution in [1.29, 1.82) is 0 Å². The largest absolute Gasteiger partial charge is 0.493 e. The molecule has 0 atom stereocenters. The highest BCUT2D eigenvalue weighted by molar-refractivity contribution is 5.82. The summed E-state index contributed by atoms with van der Waals surface area (Å²) in [7, 11) is 0. The highest BCUT2D eigenvalue weighted by Crippen LogP contribution is 2.32. The van der Waals surface area contributed by atoms with Crippen molar-refractivity contribution in [3.8, 4) is 5.75 Å². The molecule has 0 fully saturated rings. The number of carbonyl (C=O) groups is 1. The van der Waals surface area contributed by atoms with E-state index in [2.05, 4.69) is 4.85 Å². The minimum absolute atomic E-state index is 0.211. The first-order valence-electron chi connectivity index (χ1n) is 6.57. The maximum atomic E-state index is 13.0. The quantitative estimate of drug-likeness (QED) is 0.785. The lowest BCUT2D eigenvalue weighted by Crippen LogP contribution is -2.45. The SMILES string of the molecule is [C-]#[N+]c1ccc2c(c1)OCCN(C(=O)C(C)(C)C(F)F)C2. The van der Waals surface area contributed by atoms with E-state index in [4.69, 9.17) is 11.3 Å². The van der Waals surface area contributed by atoms with Crippen LogP contribution >= 0.6 is 0 Å². The van der Waals surface area contributed by atoms with Gasteiger partial charge in [0.2, 0.25) is 5.91 Å². The van der Waals surface area contributed by atoms with Crippen LogP contribution in [0, 0.1) is 12.0 Å². The summed E-state index contributed by atoms with van der Waals surface area (Å²) in [5.74, 6) is -0.0585. The topological polar surface area (TPSA) is 33.9 Å². The molecule has 1 aliphatic rings. The first-order valence-corrected chi connectivity index (χ1v) is 6.57. The lowest BCUT2D eigenvalue weighted by Gasteiger charge is -2.30. The van der Waals surface area contributed by atoms with Gasteiger partial charge >= 0.3 is 0 Å². The average molecular weight is 294 g/mol. The molecule has 0 unspecified atom stereocenters. The van der Waals surface area contributed by atoms with Crippen LogP contribution in [0.4, 0.5) is 14.5 Å². The third-order valence-corrected chi connectivity index (χ3v) is 3.54. The number of fused-ring (bicyclic) bond motifs is 1. The number of benzene rings is 1. The molecule has 112 valence electrons. The molecule has 4 nitrogen and oxygen atoms in total. The predicted octanol–water partition coefficient (Wildman–Crippen LogP) is 3.25. The fourth-order valence-electron chi connectivity index (χ4n) is 2.10. The molecule has 21 heavy (non-hydrogen) atoms. The van der Waals surface area contributed by atoms with Gasteiger partial charge < -0.3 is 9.64 Å². The number of rotatable bonds is 2. The number of carbonyl (C=O) groups excluding carboxylic acids is 1. The number of amides is 1. The molecule has 1 amide bonds. The summed E-state index contributed by atoms with van der Waals surface area (Å²) in [6.45, 7) is 10.1. The van der Waals surface area contributed by atoms with Crippen molar-refractivity contribution in [3.05, 3.63) is 35.2 Å². The zero-order chi connectivity index (χ0) is 15.6. The van der Waals surface area contributed by atoms with Crippen molar-refractivity contribution < 1.29 is 18.3 Å². The molecule has 1 aliphatic heterocycles. The predicted molar refractivity (Wildman–Crippen MR) is 73.4 cm³/mol. The van der Waals surface area contributed by atoms with Gasteiger partial charge in [-0.25, -0.2) is 13.6 Å². The molecule has 0 aromatic heterocycles. The van der Waals surface area contributed by atoms with Crippen LogP contribution in [-0.4, -0.2) is 30.4 Å². The van der Waals surface area contributed by atoms with Gasteiger partial charge in [0.25, 0.3) is 6.43 Å². The summed E-state index contributed by atoms with van der Waals surface area (Å²) >= 11 is 0. The standard InChI is InChI=1S/C15H16F2N2O2/c1-15(2,13(16)17)14(20)19-6-7-21-12-8-11(18-3)5-4-10(12)9-19/h4-5,8,13H,6-7,9H2,1-2H3. The number of hydrogen-bond donors (Lipinski definition) is 0. The smallest absolute Gasteiger partial charge is 0.252 e. The van der Waals surface area contributed by atoms with Crippen LogP contribution in [-0.2, 0) is 11.3 Å². The molecule has 1 aromatic rings. The highest BCUT2D eigenvalue weighted by atomic mass is 19.3. The zero-order valence-electron chi connectivity index (χ0n) is 11.9. The van der Waals surface area contributed by atoms with Gasteiger partial charge in [-0.15, -0.1) is 0 Å². The molecule has 0 spiro atoms. The lowest BCUT2D eigenvalue weighted by atomic mass is 9.92. The molecule has 0 radical (unpaired) electrons. The number of alkyl halides is 2. The van der Waals surface area contributed by atoms with Gasteiger partial charge in [-0.2, -0.15) is 0 Å². The number of nitrogens with zero attached hydrogens (tertiary/aromatic N) is 2. The van der Waals surface area contributed by atoms with Crippen LogP contribution in [0.3, 0.4) is 0 Å². The summed E-state index contributed by atoms with van der Waals surface area (Å²) in [6.07, 6.45) is -2.72. The monoisotopic (exact) mass is 294 g/mol. The minimum atomic E-state index is -2.72. The molecule has 0 N–H and O–H groups in total. The molecular formula is C15H16F2N2O2. The molecule has 1 aromatic carbocycles. The number of hydrogen-bond acceptors (Lipinski definition) is 2. The fourth-order valence-corrected chi connectivity index (χ4v) is 2.10. The summed E-state index contributed by atoms with van der Waals surface area (Å²) < 4.78 is 31.5. The molecular weight excluding hydrogens is 278 g/mol. The van der Waals surface area contributed by atoms with E-state index >= 15 is 0 Å². The third kappa shape index (κ3) is 2.97. The van der Waals surface area contributed by atoms with Crippen LogP contribution in [0.2, 0.25) is 0 Å². The van der Waals surface area contributed by atoms with E-state index in [1.165, 1.54) is 18.7 Å². The normalized spacial score (nSPS) is 15.0. The second kappa shape index (κ2) is 5.68. The van der Waals surface area contributed by atoms with Crippen molar-refractivity contribution in [3.63, 3.8) is 0 Å². The van der Waals surface area contributed by atoms with Crippen molar-refractivity contribution in [2.45, 2.75) is 26.8 Å². The molecule has 1 heterocycles. The second-order valence-electron chi connectivity index (χ2n) is 5.50. The van der Waals surface area contributed by atoms with Gasteiger partial charge in [-0.1, -0.05) is 12.1 Å². The van der Waals surface area contributed by atoms with Gasteiger partial charge in [0.05, 0.1) is 13.1 Å². The van der Waals surface area contributed by atoms with Crippen LogP contribution in [0.5, 0.6) is 5.75 Å². The van der Waals surface area contributed by atoms with Crippen LogP contribution in [0.1, 0.15) is 19.4 Å². The average Bonchev–Trinajstić information content (AvgIpc) is 2.67. The van der Waals surface area contributed by atoms with Gasteiger partial charge in [0.15, 0.2) is 5.69 Å². The van der Waals surface area contributed by atoms with E-state index in [9.17, 15) is 13.6 Å². The maximum absolute atomic E-state index is 13.0. The Hall–Kier alpha value is -2.16. The van der Waals surface area contributed by atoms with Gasteiger partial charge in [-0.3, -0.25) is 4.79 Å². The van der Waals surface area contributed by atoms with Gasteiger partial charge in [0, 0.05) is 12.1 Å². The molecule has 6 heteroatoms. The summed E-state index contributed by atoms with van der Waals surface area (Å²) in [5, 5.41) is 0. The van der Waals surface area contributed by atoms with Crippen LogP contribution < -0.4 is 4.74 Å². The van der Waals surface area contributed by atoms with Crippen molar-refractivity contribution in [1.82, 2.24) is 4.90 Å². The molecule has 0 bridgehead atoms. The van der Waals surface area contributed by atoms with E-state index in [0.29, 0.717) is 11.4 Å². The Balaban J connectivity index is 2.26. The Morgan fingerprint density at radius 1 is 1.48 bits per heavy atom. The second-order valence-corrected chi connectivity index (χ2v) is 5.50. The molecule has 2 rings (SSSR count). The van der Waals surface area contributed by atoms with E-state index in [-0.39, 0.29) is 19.7 Å². The Kier molecular flexibility index (Phi) is 4.12. The number of ether oxygens (including phenoxy) is 1. The molecule has 0 aliphatic carbocycles. The summed E-state index contributed by atoms with van der Waals surface area (Å²) in [6, 6.07) is 4.93.